The molecule has 0 spiro atoms. The minimum Gasteiger partial charge on any atom is -0.355 e. The molecule has 6 heteroatoms. The lowest BCUT2D eigenvalue weighted by Gasteiger charge is -2.13. The first-order valence-corrected chi connectivity index (χ1v) is 10.5. The fourth-order valence-electron chi connectivity index (χ4n) is 2.96. The molecule has 0 saturated heterocycles. The molecule has 146 valence electrons. The number of carbonyl (C=O) groups excluding carboxylic acids is 1. The third-order valence-corrected chi connectivity index (χ3v) is 5.60. The highest BCUT2D eigenvalue weighted by Crippen LogP contribution is 2.23. The fraction of sp³-hybridized carbons (Fsp3) is 0.318. The fourth-order valence-corrected chi connectivity index (χ4v) is 3.92. The van der Waals surface area contributed by atoms with Gasteiger partial charge in [0.1, 0.15) is 5.82 Å². The summed E-state index contributed by atoms with van der Waals surface area (Å²) in [6.45, 7) is 5.40. The summed E-state index contributed by atoms with van der Waals surface area (Å²) >= 11 is 1.46. The van der Waals surface area contributed by atoms with E-state index in [0.29, 0.717) is 6.54 Å². The van der Waals surface area contributed by atoms with E-state index < -0.39 is 0 Å². The number of amides is 1. The summed E-state index contributed by atoms with van der Waals surface area (Å²) in [5.74, 6) is 0.948. The maximum Gasteiger partial charge on any atom is 0.233 e. The third kappa shape index (κ3) is 5.45. The van der Waals surface area contributed by atoms with Crippen LogP contribution in [0.15, 0.2) is 65.8 Å². The van der Waals surface area contributed by atoms with Crippen molar-refractivity contribution >= 4 is 17.7 Å². The molecule has 0 aliphatic carbocycles. The second-order valence-corrected chi connectivity index (χ2v) is 7.90. The molecule has 0 bridgehead atoms. The van der Waals surface area contributed by atoms with Crippen LogP contribution in [-0.2, 0) is 24.2 Å². The molecule has 0 aliphatic rings. The highest BCUT2D eigenvalue weighted by molar-refractivity contribution is 8.00. The van der Waals surface area contributed by atoms with Crippen molar-refractivity contribution in [3.8, 4) is 0 Å². The zero-order valence-electron chi connectivity index (χ0n) is 16.3. The number of aromatic nitrogens is 3. The van der Waals surface area contributed by atoms with Gasteiger partial charge < -0.3 is 9.88 Å². The van der Waals surface area contributed by atoms with Gasteiger partial charge in [-0.3, -0.25) is 4.79 Å². The number of carbonyl (C=O) groups is 1. The zero-order chi connectivity index (χ0) is 19.8. The predicted molar refractivity (Wildman–Crippen MR) is 113 cm³/mol. The molecule has 28 heavy (non-hydrogen) atoms. The maximum atomic E-state index is 12.4. The van der Waals surface area contributed by atoms with E-state index in [2.05, 4.69) is 51.3 Å². The van der Waals surface area contributed by atoms with Gasteiger partial charge in [0.05, 0.1) is 5.25 Å². The number of nitrogens with zero attached hydrogens (tertiary/aromatic N) is 3. The van der Waals surface area contributed by atoms with Crippen molar-refractivity contribution in [2.24, 2.45) is 0 Å². The summed E-state index contributed by atoms with van der Waals surface area (Å²) in [4.78, 5) is 12.4. The molecule has 0 radical (unpaired) electrons. The van der Waals surface area contributed by atoms with E-state index in [0.717, 1.165) is 30.4 Å². The molecule has 3 rings (SSSR count). The SMILES string of the molecule is CCn1c(Cc2ccccc2)nnc1SC(C)C(=O)NCCc1ccccc1. The van der Waals surface area contributed by atoms with Gasteiger partial charge in [0.25, 0.3) is 0 Å². The van der Waals surface area contributed by atoms with Crippen molar-refractivity contribution < 1.29 is 4.79 Å². The number of rotatable bonds is 9. The Bertz CT molecular complexity index is 880. The van der Waals surface area contributed by atoms with E-state index in [1.807, 2.05) is 43.3 Å². The van der Waals surface area contributed by atoms with Gasteiger partial charge in [-0.15, -0.1) is 10.2 Å². The topological polar surface area (TPSA) is 59.8 Å². The molecule has 0 saturated carbocycles. The van der Waals surface area contributed by atoms with Gasteiger partial charge in [-0.25, -0.2) is 0 Å². The number of nitrogens with one attached hydrogen (secondary N) is 1. The van der Waals surface area contributed by atoms with Crippen molar-refractivity contribution in [2.45, 2.75) is 43.6 Å². The Morgan fingerprint density at radius 2 is 1.68 bits per heavy atom. The third-order valence-electron chi connectivity index (χ3n) is 4.52. The molecular weight excluding hydrogens is 368 g/mol. The van der Waals surface area contributed by atoms with E-state index >= 15 is 0 Å². The second-order valence-electron chi connectivity index (χ2n) is 6.59. The van der Waals surface area contributed by atoms with Crippen LogP contribution in [0.2, 0.25) is 0 Å². The quantitative estimate of drug-likeness (QED) is 0.562. The molecule has 1 amide bonds. The molecule has 1 heterocycles. The molecule has 2 aromatic carbocycles. The highest BCUT2D eigenvalue weighted by atomic mass is 32.2. The summed E-state index contributed by atoms with van der Waals surface area (Å²) in [7, 11) is 0. The lowest BCUT2D eigenvalue weighted by atomic mass is 10.1. The number of hydrogen-bond donors (Lipinski definition) is 1. The van der Waals surface area contributed by atoms with Crippen molar-refractivity contribution in [3.05, 3.63) is 77.6 Å². The first-order chi connectivity index (χ1) is 13.7. The molecule has 1 N–H and O–H groups in total. The summed E-state index contributed by atoms with van der Waals surface area (Å²) in [5.41, 5.74) is 2.42. The lowest BCUT2D eigenvalue weighted by Crippen LogP contribution is -2.32. The first-order valence-electron chi connectivity index (χ1n) is 9.61. The zero-order valence-corrected chi connectivity index (χ0v) is 17.2. The van der Waals surface area contributed by atoms with E-state index in [-0.39, 0.29) is 11.2 Å². The minimum atomic E-state index is -0.227. The largest absolute Gasteiger partial charge is 0.355 e. The Kier molecular flexibility index (Phi) is 7.25. The van der Waals surface area contributed by atoms with E-state index in [1.165, 1.54) is 22.9 Å². The highest BCUT2D eigenvalue weighted by Gasteiger charge is 2.19. The molecule has 0 aliphatic heterocycles. The monoisotopic (exact) mass is 394 g/mol. The van der Waals surface area contributed by atoms with Crippen LogP contribution in [0.1, 0.15) is 30.8 Å². The summed E-state index contributed by atoms with van der Waals surface area (Å²) in [5, 5.41) is 12.3. The first kappa shape index (κ1) is 20.1. The number of thioether (sulfide) groups is 1. The van der Waals surface area contributed by atoms with Crippen molar-refractivity contribution in [1.29, 1.82) is 0 Å². The second kappa shape index (κ2) is 10.1. The lowest BCUT2D eigenvalue weighted by molar-refractivity contribution is -0.120. The van der Waals surface area contributed by atoms with Crippen LogP contribution >= 0.6 is 11.8 Å². The van der Waals surface area contributed by atoms with Gasteiger partial charge in [-0.05, 0) is 31.4 Å². The van der Waals surface area contributed by atoms with Crippen LogP contribution in [0.3, 0.4) is 0 Å². The van der Waals surface area contributed by atoms with Gasteiger partial charge in [-0.1, -0.05) is 72.4 Å². The van der Waals surface area contributed by atoms with Gasteiger partial charge in [0.2, 0.25) is 5.91 Å². The van der Waals surface area contributed by atoms with Crippen LogP contribution in [-0.4, -0.2) is 32.5 Å². The van der Waals surface area contributed by atoms with E-state index in [1.54, 1.807) is 0 Å². The molecule has 3 aromatic rings. The molecule has 5 nitrogen and oxygen atoms in total. The van der Waals surface area contributed by atoms with Crippen LogP contribution < -0.4 is 5.32 Å². The van der Waals surface area contributed by atoms with Crippen LogP contribution in [0.5, 0.6) is 0 Å². The van der Waals surface area contributed by atoms with Gasteiger partial charge >= 0.3 is 0 Å². The van der Waals surface area contributed by atoms with Crippen LogP contribution in [0, 0.1) is 0 Å². The smallest absolute Gasteiger partial charge is 0.233 e. The molecule has 1 atom stereocenters. The van der Waals surface area contributed by atoms with Gasteiger partial charge in [-0.2, -0.15) is 0 Å². The summed E-state index contributed by atoms with van der Waals surface area (Å²) in [6, 6.07) is 20.4. The Morgan fingerprint density at radius 1 is 1.04 bits per heavy atom. The van der Waals surface area contributed by atoms with Crippen LogP contribution in [0.4, 0.5) is 0 Å². The molecule has 1 unspecified atom stereocenters. The Morgan fingerprint density at radius 3 is 2.32 bits per heavy atom. The Balaban J connectivity index is 1.55. The standard InChI is InChI=1S/C22H26N4OS/c1-3-26-20(16-19-12-8-5-9-13-19)24-25-22(26)28-17(2)21(27)23-15-14-18-10-6-4-7-11-18/h4-13,17H,3,14-16H2,1-2H3,(H,23,27). The Labute approximate surface area is 170 Å². The maximum absolute atomic E-state index is 12.4. The van der Waals surface area contributed by atoms with Crippen molar-refractivity contribution in [3.63, 3.8) is 0 Å². The van der Waals surface area contributed by atoms with E-state index in [4.69, 9.17) is 0 Å². The van der Waals surface area contributed by atoms with E-state index in [9.17, 15) is 4.79 Å². The number of hydrogen-bond acceptors (Lipinski definition) is 4. The predicted octanol–water partition coefficient (Wildman–Crippen LogP) is 3.73. The summed E-state index contributed by atoms with van der Waals surface area (Å²) in [6.07, 6.45) is 1.57. The molecule has 1 aromatic heterocycles. The minimum absolute atomic E-state index is 0.0243. The molecule has 0 fully saturated rings. The van der Waals surface area contributed by atoms with Gasteiger partial charge in [0.15, 0.2) is 5.16 Å². The normalized spacial score (nSPS) is 11.9. The van der Waals surface area contributed by atoms with Crippen LogP contribution in [0.25, 0.3) is 0 Å². The molecular formula is C22H26N4OS. The van der Waals surface area contributed by atoms with Gasteiger partial charge in [0, 0.05) is 19.5 Å². The van der Waals surface area contributed by atoms with Crippen molar-refractivity contribution in [1.82, 2.24) is 20.1 Å². The average molecular weight is 395 g/mol. The number of benzene rings is 2. The van der Waals surface area contributed by atoms with Crippen molar-refractivity contribution in [2.75, 3.05) is 6.54 Å². The average Bonchev–Trinajstić information content (AvgIpc) is 3.10. The summed E-state index contributed by atoms with van der Waals surface area (Å²) < 4.78 is 2.09. The Hall–Kier alpha value is -2.60.